The van der Waals surface area contributed by atoms with Gasteiger partial charge in [-0.2, -0.15) is 0 Å². The van der Waals surface area contributed by atoms with Crippen LogP contribution in [0.15, 0.2) is 6.07 Å². The number of halogens is 4. The fraction of sp³-hybridized carbons (Fsp3) is 0.250. The van der Waals surface area contributed by atoms with Crippen molar-refractivity contribution >= 4 is 28.6 Å². The third-order valence-electron chi connectivity index (χ3n) is 1.55. The van der Waals surface area contributed by atoms with Crippen LogP contribution in [-0.4, -0.2) is 22.4 Å². The van der Waals surface area contributed by atoms with Gasteiger partial charge in [0.2, 0.25) is 5.88 Å². The third-order valence-corrected chi connectivity index (χ3v) is 2.32. The maximum atomic E-state index is 11.9. The Labute approximate surface area is 102 Å². The van der Waals surface area contributed by atoms with Gasteiger partial charge in [0.15, 0.2) is 5.69 Å². The van der Waals surface area contributed by atoms with Gasteiger partial charge in [0.25, 0.3) is 0 Å². The van der Waals surface area contributed by atoms with Crippen LogP contribution >= 0.6 is 22.6 Å². The highest BCUT2D eigenvalue weighted by Gasteiger charge is 2.33. The van der Waals surface area contributed by atoms with E-state index in [-0.39, 0.29) is 9.13 Å². The van der Waals surface area contributed by atoms with Crippen LogP contribution in [0.3, 0.4) is 0 Å². The van der Waals surface area contributed by atoms with Crippen molar-refractivity contribution in [3.05, 3.63) is 20.9 Å². The number of alkyl halides is 3. The molecular weight excluding hydrogens is 342 g/mol. The third kappa shape index (κ3) is 3.22. The zero-order valence-electron chi connectivity index (χ0n) is 7.80. The molecule has 0 atom stereocenters. The lowest BCUT2D eigenvalue weighted by molar-refractivity contribution is -0.276. The molecule has 0 amide bonds. The number of nitrogens with zero attached hydrogens (tertiary/aromatic N) is 1. The highest BCUT2D eigenvalue weighted by molar-refractivity contribution is 14.1. The van der Waals surface area contributed by atoms with E-state index in [9.17, 15) is 18.0 Å². The van der Waals surface area contributed by atoms with Crippen LogP contribution in [0, 0.1) is 10.5 Å². The summed E-state index contributed by atoms with van der Waals surface area (Å²) in [6.07, 6.45) is -4.89. The summed E-state index contributed by atoms with van der Waals surface area (Å²) in [4.78, 5) is 14.0. The van der Waals surface area contributed by atoms with E-state index in [1.807, 2.05) is 0 Å². The van der Waals surface area contributed by atoms with Gasteiger partial charge in [-0.3, -0.25) is 0 Å². The monoisotopic (exact) mass is 347 g/mol. The van der Waals surface area contributed by atoms with E-state index in [1.54, 1.807) is 22.6 Å². The van der Waals surface area contributed by atoms with Crippen molar-refractivity contribution < 1.29 is 27.8 Å². The Kier molecular flexibility index (Phi) is 3.61. The van der Waals surface area contributed by atoms with Gasteiger partial charge in [-0.1, -0.05) is 0 Å². The predicted octanol–water partition coefficient (Wildman–Crippen LogP) is 2.59. The van der Waals surface area contributed by atoms with Gasteiger partial charge in [0.1, 0.15) is 0 Å². The summed E-state index contributed by atoms with van der Waals surface area (Å²) in [5.74, 6) is -2.16. The van der Waals surface area contributed by atoms with E-state index in [0.29, 0.717) is 0 Å². The van der Waals surface area contributed by atoms with E-state index in [0.717, 1.165) is 0 Å². The van der Waals surface area contributed by atoms with Gasteiger partial charge in [-0.05, 0) is 41.1 Å². The minimum atomic E-state index is -4.89. The quantitative estimate of drug-likeness (QED) is 0.836. The van der Waals surface area contributed by atoms with E-state index >= 15 is 0 Å². The van der Waals surface area contributed by atoms with Crippen LogP contribution < -0.4 is 4.74 Å². The fourth-order valence-corrected chi connectivity index (χ4v) is 1.66. The smallest absolute Gasteiger partial charge is 0.477 e. The van der Waals surface area contributed by atoms with Gasteiger partial charge in [0.05, 0.1) is 3.57 Å². The first kappa shape index (κ1) is 13.0. The van der Waals surface area contributed by atoms with Crippen LogP contribution in [-0.2, 0) is 0 Å². The SMILES string of the molecule is Cc1cc(I)c(OC(F)(F)F)nc1C(=O)O. The molecule has 0 spiro atoms. The second-order valence-electron chi connectivity index (χ2n) is 2.79. The molecule has 1 heterocycles. The lowest BCUT2D eigenvalue weighted by atomic mass is 10.2. The van der Waals surface area contributed by atoms with E-state index in [4.69, 9.17) is 5.11 Å². The van der Waals surface area contributed by atoms with Crippen LogP contribution in [0.25, 0.3) is 0 Å². The average molecular weight is 347 g/mol. The molecule has 0 aliphatic rings. The molecule has 0 fully saturated rings. The number of aromatic carboxylic acids is 1. The van der Waals surface area contributed by atoms with Crippen LogP contribution in [0.1, 0.15) is 16.1 Å². The van der Waals surface area contributed by atoms with Crippen LogP contribution in [0.4, 0.5) is 13.2 Å². The highest BCUT2D eigenvalue weighted by Crippen LogP contribution is 2.27. The van der Waals surface area contributed by atoms with Gasteiger partial charge in [-0.25, -0.2) is 9.78 Å². The number of pyridine rings is 1. The molecule has 0 saturated carbocycles. The summed E-state index contributed by atoms with van der Waals surface area (Å²) >= 11 is 1.59. The van der Waals surface area contributed by atoms with Crippen molar-refractivity contribution in [3.8, 4) is 5.88 Å². The first-order chi connectivity index (χ1) is 7.20. The molecule has 16 heavy (non-hydrogen) atoms. The van der Waals surface area contributed by atoms with Crippen molar-refractivity contribution in [1.82, 2.24) is 4.98 Å². The molecule has 0 bridgehead atoms. The molecule has 0 saturated heterocycles. The number of rotatable bonds is 2. The van der Waals surface area contributed by atoms with Crippen molar-refractivity contribution in [3.63, 3.8) is 0 Å². The minimum absolute atomic E-state index is 0.0948. The number of carboxylic acids is 1. The standard InChI is InChI=1S/C8H5F3INO3/c1-3-2-4(12)6(16-8(9,10)11)13-5(3)7(14)15/h2H,1H3,(H,14,15). The lowest BCUT2D eigenvalue weighted by Crippen LogP contribution is -2.20. The minimum Gasteiger partial charge on any atom is -0.477 e. The lowest BCUT2D eigenvalue weighted by Gasteiger charge is -2.11. The second-order valence-corrected chi connectivity index (χ2v) is 3.96. The second kappa shape index (κ2) is 4.44. The largest absolute Gasteiger partial charge is 0.574 e. The van der Waals surface area contributed by atoms with Crippen molar-refractivity contribution in [2.75, 3.05) is 0 Å². The summed E-state index contributed by atoms with van der Waals surface area (Å²) in [7, 11) is 0. The molecule has 0 aliphatic carbocycles. The Morgan fingerprint density at radius 3 is 2.56 bits per heavy atom. The van der Waals surface area contributed by atoms with Gasteiger partial charge < -0.3 is 9.84 Å². The number of hydrogen-bond acceptors (Lipinski definition) is 3. The van der Waals surface area contributed by atoms with Gasteiger partial charge in [-0.15, -0.1) is 13.2 Å². The summed E-state index contributed by atoms with van der Waals surface area (Å²) < 4.78 is 39.5. The molecule has 0 radical (unpaired) electrons. The first-order valence-corrected chi connectivity index (χ1v) is 4.95. The number of carbonyl (C=O) groups is 1. The van der Waals surface area contributed by atoms with Gasteiger partial charge in [0, 0.05) is 0 Å². The molecule has 0 aromatic carbocycles. The summed E-state index contributed by atoms with van der Waals surface area (Å²) in [6.45, 7) is 1.44. The zero-order chi connectivity index (χ0) is 12.5. The average Bonchev–Trinajstić information content (AvgIpc) is 2.07. The number of hydrogen-bond donors (Lipinski definition) is 1. The van der Waals surface area contributed by atoms with Crippen LogP contribution in [0.5, 0.6) is 5.88 Å². The Balaban J connectivity index is 3.20. The fourth-order valence-electron chi connectivity index (χ4n) is 0.961. The first-order valence-electron chi connectivity index (χ1n) is 3.87. The molecule has 88 valence electrons. The summed E-state index contributed by atoms with van der Waals surface area (Å²) in [5.41, 5.74) is -0.189. The van der Waals surface area contributed by atoms with Crippen molar-refractivity contribution in [2.24, 2.45) is 0 Å². The molecule has 0 aliphatic heterocycles. The molecule has 1 aromatic rings. The summed E-state index contributed by atoms with van der Waals surface area (Å²) in [6, 6.07) is 1.26. The molecule has 1 N–H and O–H groups in total. The Hall–Kier alpha value is -1.06. The van der Waals surface area contributed by atoms with Gasteiger partial charge >= 0.3 is 12.3 Å². The Bertz CT molecular complexity index is 433. The number of aryl methyl sites for hydroxylation is 1. The van der Waals surface area contributed by atoms with Crippen LogP contribution in [0.2, 0.25) is 0 Å². The number of ether oxygens (including phenoxy) is 1. The molecule has 0 unspecified atom stereocenters. The molecule has 8 heteroatoms. The maximum Gasteiger partial charge on any atom is 0.574 e. The van der Waals surface area contributed by atoms with E-state index in [2.05, 4.69) is 9.72 Å². The number of aromatic nitrogens is 1. The Morgan fingerprint density at radius 1 is 1.56 bits per heavy atom. The Morgan fingerprint density at radius 2 is 2.12 bits per heavy atom. The molecule has 1 rings (SSSR count). The molecule has 4 nitrogen and oxygen atoms in total. The predicted molar refractivity (Wildman–Crippen MR) is 55.3 cm³/mol. The van der Waals surface area contributed by atoms with E-state index in [1.165, 1.54) is 13.0 Å². The zero-order valence-corrected chi connectivity index (χ0v) is 9.96. The normalized spacial score (nSPS) is 11.3. The highest BCUT2D eigenvalue weighted by atomic mass is 127. The van der Waals surface area contributed by atoms with Crippen molar-refractivity contribution in [1.29, 1.82) is 0 Å². The maximum absolute atomic E-state index is 11.9. The molecular formula is C8H5F3INO3. The summed E-state index contributed by atoms with van der Waals surface area (Å²) in [5, 5.41) is 8.68. The molecule has 1 aromatic heterocycles. The topological polar surface area (TPSA) is 59.4 Å². The van der Waals surface area contributed by atoms with E-state index < -0.39 is 23.9 Å². The van der Waals surface area contributed by atoms with Crippen molar-refractivity contribution in [2.45, 2.75) is 13.3 Å². The number of carboxylic acid groups (broad SMARTS) is 1.